The summed E-state index contributed by atoms with van der Waals surface area (Å²) in [6.07, 6.45) is 0. The molecule has 51 heavy (non-hydrogen) atoms. The highest BCUT2D eigenvalue weighted by molar-refractivity contribution is 6.26. The van der Waals surface area contributed by atoms with Crippen LogP contribution in [0.15, 0.2) is 164 Å². The summed E-state index contributed by atoms with van der Waals surface area (Å²) >= 11 is 0. The maximum atomic E-state index is 8.71. The molecule has 0 bridgehead atoms. The molecule has 0 radical (unpaired) electrons. The molecule has 0 N–H and O–H groups in total. The second-order valence-corrected chi connectivity index (χ2v) is 13.3. The smallest absolute Gasteiger partial charge is 0.164 e. The Morgan fingerprint density at radius 3 is 1.51 bits per heavy atom. The lowest BCUT2D eigenvalue weighted by atomic mass is 9.81. The minimum Gasteiger partial charge on any atom is -0.208 e. The summed E-state index contributed by atoms with van der Waals surface area (Å²) in [6, 6.07) is 29.8. The lowest BCUT2D eigenvalue weighted by molar-refractivity contribution is 0.660. The van der Waals surface area contributed by atoms with Crippen molar-refractivity contribution in [3.05, 3.63) is 175 Å². The number of benzene rings is 8. The van der Waals surface area contributed by atoms with Gasteiger partial charge in [0.25, 0.3) is 0 Å². The molecule has 10 rings (SSSR count). The lowest BCUT2D eigenvalue weighted by Crippen LogP contribution is -2.14. The number of nitrogens with zero attached hydrogens (tertiary/aromatic N) is 3. The molecular weight excluding hydrogens is 619 g/mol. The fraction of sp³-hybridized carbons (Fsp3) is 0.0625. The summed E-state index contributed by atoms with van der Waals surface area (Å²) in [5.74, 6) is -0.602. The molecule has 0 spiro atoms. The Morgan fingerprint density at radius 2 is 0.843 bits per heavy atom. The van der Waals surface area contributed by atoms with Crippen LogP contribution in [-0.2, 0) is 5.41 Å². The first-order valence-electron chi connectivity index (χ1n) is 21.7. The molecule has 0 amide bonds. The number of hydrogen-bond acceptors (Lipinski definition) is 3. The zero-order valence-corrected chi connectivity index (χ0v) is 27.7. The molecule has 0 saturated heterocycles. The minimum absolute atomic E-state index is 0.0141. The molecule has 0 atom stereocenters. The first-order chi connectivity index (χ1) is 29.2. The molecule has 0 fully saturated rings. The Hall–Kier alpha value is -6.45. The first-order valence-corrected chi connectivity index (χ1v) is 16.7. The number of fused-ring (bicyclic) bond motifs is 9. The Bertz CT molecular complexity index is 3270. The fourth-order valence-corrected chi connectivity index (χ4v) is 7.61. The van der Waals surface area contributed by atoms with E-state index in [1.54, 1.807) is 0 Å². The largest absolute Gasteiger partial charge is 0.208 e. The third kappa shape index (κ3) is 4.69. The van der Waals surface area contributed by atoms with Crippen molar-refractivity contribution in [1.29, 1.82) is 0 Å². The van der Waals surface area contributed by atoms with Crippen LogP contribution in [-0.4, -0.2) is 15.0 Å². The Morgan fingerprint density at radius 1 is 0.392 bits per heavy atom. The molecule has 3 nitrogen and oxygen atoms in total. The minimum atomic E-state index is -0.598. The van der Waals surface area contributed by atoms with E-state index in [9.17, 15) is 0 Å². The van der Waals surface area contributed by atoms with Gasteiger partial charge in [-0.1, -0.05) is 159 Å². The normalized spacial score (nSPS) is 15.8. The van der Waals surface area contributed by atoms with Crippen LogP contribution in [0.3, 0.4) is 0 Å². The average molecular weight is 662 g/mol. The summed E-state index contributed by atoms with van der Waals surface area (Å²) in [7, 11) is 0. The molecule has 240 valence electrons. The van der Waals surface area contributed by atoms with Gasteiger partial charge in [-0.05, 0) is 83.9 Å². The van der Waals surface area contributed by atoms with Gasteiger partial charge in [0.05, 0.1) is 13.7 Å². The molecule has 1 aliphatic rings. The van der Waals surface area contributed by atoms with Crippen LogP contribution in [0, 0.1) is 0 Å². The lowest BCUT2D eigenvalue weighted by Gasteiger charge is -2.22. The monoisotopic (exact) mass is 661 g/mol. The van der Waals surface area contributed by atoms with E-state index in [0.717, 1.165) is 43.4 Å². The van der Waals surface area contributed by atoms with Gasteiger partial charge in [0, 0.05) is 22.1 Å². The highest BCUT2D eigenvalue weighted by atomic mass is 15.0. The van der Waals surface area contributed by atoms with Gasteiger partial charge in [0.1, 0.15) is 0 Å². The maximum absolute atomic E-state index is 8.71. The quantitative estimate of drug-likeness (QED) is 0.176. The van der Waals surface area contributed by atoms with Gasteiger partial charge in [-0.15, -0.1) is 0 Å². The predicted octanol–water partition coefficient (Wildman–Crippen LogP) is 12.3. The topological polar surface area (TPSA) is 38.7 Å². The van der Waals surface area contributed by atoms with Gasteiger partial charge in [-0.2, -0.15) is 0 Å². The number of rotatable bonds is 4. The van der Waals surface area contributed by atoms with Crippen molar-refractivity contribution in [3.8, 4) is 56.4 Å². The van der Waals surface area contributed by atoms with Gasteiger partial charge in [0.2, 0.25) is 0 Å². The summed E-state index contributed by atoms with van der Waals surface area (Å²) in [5, 5.41) is 5.91. The van der Waals surface area contributed by atoms with E-state index < -0.39 is 60.4 Å². The van der Waals surface area contributed by atoms with Crippen molar-refractivity contribution in [2.75, 3.05) is 0 Å². The first kappa shape index (κ1) is 20.9. The third-order valence-electron chi connectivity index (χ3n) is 10.1. The summed E-state index contributed by atoms with van der Waals surface area (Å²) in [5.41, 5.74) is 6.96. The van der Waals surface area contributed by atoms with Crippen LogP contribution in [0.2, 0.25) is 0 Å². The van der Waals surface area contributed by atoms with Crippen LogP contribution in [0.25, 0.3) is 88.7 Å². The van der Waals surface area contributed by atoms with E-state index in [-0.39, 0.29) is 34.0 Å². The summed E-state index contributed by atoms with van der Waals surface area (Å²) in [6.45, 7) is 4.54. The summed E-state index contributed by atoms with van der Waals surface area (Å²) < 4.78 is 84.5. The summed E-state index contributed by atoms with van der Waals surface area (Å²) in [4.78, 5) is 13.8. The van der Waals surface area contributed by atoms with Gasteiger partial charge >= 0.3 is 0 Å². The number of hydrogen-bond donors (Lipinski definition) is 0. The molecule has 3 heteroatoms. The zero-order chi connectivity index (χ0) is 42.8. The van der Waals surface area contributed by atoms with E-state index in [1.807, 2.05) is 30.3 Å². The molecule has 1 aromatic heterocycles. The Labute approximate surface area is 311 Å². The van der Waals surface area contributed by atoms with Crippen LogP contribution in [0.5, 0.6) is 0 Å². The Balaban J connectivity index is 1.20. The second kappa shape index (κ2) is 11.3. The molecule has 0 saturated carbocycles. The SMILES string of the molecule is [2H]c1c([2H])c([2H])c(-c2nc(-c3ccc4c5ccccc5c5cc(-c6ccc7c(c6)C(C)(C)c6ccccc6-7)ccc5c4c3)nc(-c3c([2H])c([2H])c([2H])c([2H])c3[2H])n2)c([2H])c1[2H]. The van der Waals surface area contributed by atoms with Crippen molar-refractivity contribution in [2.24, 2.45) is 0 Å². The fourth-order valence-electron chi connectivity index (χ4n) is 7.61. The van der Waals surface area contributed by atoms with E-state index in [2.05, 4.69) is 102 Å². The maximum Gasteiger partial charge on any atom is 0.164 e. The Kier molecular flexibility index (Phi) is 4.63. The predicted molar refractivity (Wildman–Crippen MR) is 212 cm³/mol. The van der Waals surface area contributed by atoms with E-state index >= 15 is 0 Å². The second-order valence-electron chi connectivity index (χ2n) is 13.3. The van der Waals surface area contributed by atoms with Crippen molar-refractivity contribution in [2.45, 2.75) is 19.3 Å². The van der Waals surface area contributed by atoms with Crippen molar-refractivity contribution in [1.82, 2.24) is 15.0 Å². The number of aromatic nitrogens is 3. The van der Waals surface area contributed by atoms with Crippen molar-refractivity contribution in [3.63, 3.8) is 0 Å². The van der Waals surface area contributed by atoms with Gasteiger partial charge in [0.15, 0.2) is 17.5 Å². The molecule has 1 heterocycles. The van der Waals surface area contributed by atoms with E-state index in [0.29, 0.717) is 5.56 Å². The van der Waals surface area contributed by atoms with Crippen molar-refractivity contribution >= 4 is 32.3 Å². The van der Waals surface area contributed by atoms with E-state index in [1.165, 1.54) is 22.3 Å². The van der Waals surface area contributed by atoms with Crippen LogP contribution in [0.1, 0.15) is 38.7 Å². The third-order valence-corrected chi connectivity index (χ3v) is 10.1. The van der Waals surface area contributed by atoms with Gasteiger partial charge < -0.3 is 0 Å². The van der Waals surface area contributed by atoms with Gasteiger partial charge in [-0.25, -0.2) is 15.0 Å². The highest BCUT2D eigenvalue weighted by Crippen LogP contribution is 2.50. The molecule has 0 aliphatic heterocycles. The van der Waals surface area contributed by atoms with Crippen LogP contribution >= 0.6 is 0 Å². The molecule has 8 aromatic carbocycles. The highest BCUT2D eigenvalue weighted by Gasteiger charge is 2.35. The van der Waals surface area contributed by atoms with Crippen LogP contribution in [0.4, 0.5) is 0 Å². The van der Waals surface area contributed by atoms with E-state index in [4.69, 9.17) is 13.7 Å². The average Bonchev–Trinajstić information content (AvgIpc) is 3.51. The molecule has 0 unspecified atom stereocenters. The van der Waals surface area contributed by atoms with Crippen molar-refractivity contribution < 1.29 is 13.7 Å². The van der Waals surface area contributed by atoms with Crippen LogP contribution < -0.4 is 0 Å². The standard InChI is InChI=1S/C48H33N3/c1-48(2)43-20-12-11-19-39(43)40-26-22-33(29-44(40)48)32-21-24-38-41(27-32)36-18-10-9-17-35(36)37-25-23-34(28-42(37)38)47-50-45(30-13-5-3-6-14-30)49-46(51-47)31-15-7-4-8-16-31/h3-29H,1-2H3/i3D,4D,5D,6D,7D,8D,13D,14D,15D,16D. The molecule has 9 aromatic rings. The zero-order valence-electron chi connectivity index (χ0n) is 37.7. The van der Waals surface area contributed by atoms with Gasteiger partial charge in [-0.3, -0.25) is 0 Å². The molecule has 1 aliphatic carbocycles. The molecular formula is C48H33N3.